The van der Waals surface area contributed by atoms with E-state index in [2.05, 4.69) is 29.2 Å². The van der Waals surface area contributed by atoms with Crippen LogP contribution in [0.5, 0.6) is 0 Å². The molecule has 0 atom stereocenters. The van der Waals surface area contributed by atoms with Crippen molar-refractivity contribution in [3.63, 3.8) is 0 Å². The molecule has 0 aliphatic heterocycles. The third-order valence-electron chi connectivity index (χ3n) is 4.07. The maximum atomic E-state index is 12.0. The van der Waals surface area contributed by atoms with Gasteiger partial charge in [0, 0.05) is 6.20 Å². The molecule has 126 valence electrons. The Morgan fingerprint density at radius 1 is 0.920 bits per heavy atom. The maximum Gasteiger partial charge on any atom is 0.343 e. The minimum absolute atomic E-state index is 0.0680. The molecule has 4 nitrogen and oxygen atoms in total. The molecule has 1 heterocycles. The third kappa shape index (κ3) is 4.04. The molecule has 1 aromatic heterocycles. The van der Waals surface area contributed by atoms with Crippen molar-refractivity contribution >= 4 is 5.97 Å². The minimum Gasteiger partial charge on any atom is -0.465 e. The molecule has 0 amide bonds. The molecule has 0 fully saturated rings. The van der Waals surface area contributed by atoms with Crippen LogP contribution in [-0.4, -0.2) is 18.1 Å². The van der Waals surface area contributed by atoms with Crippen molar-refractivity contribution in [2.75, 3.05) is 7.11 Å². The smallest absolute Gasteiger partial charge is 0.343 e. The summed E-state index contributed by atoms with van der Waals surface area (Å²) in [7, 11) is 1.28. The van der Waals surface area contributed by atoms with Gasteiger partial charge in [-0.3, -0.25) is 4.79 Å². The number of esters is 1. The Morgan fingerprint density at radius 3 is 2.32 bits per heavy atom. The molecule has 1 N–H and O–H groups in total. The average molecular weight is 333 g/mol. The summed E-state index contributed by atoms with van der Waals surface area (Å²) in [5, 5.41) is 0. The normalized spacial score (nSPS) is 10.4. The molecule has 4 heteroatoms. The summed E-state index contributed by atoms with van der Waals surface area (Å²) >= 11 is 0. The predicted molar refractivity (Wildman–Crippen MR) is 96.9 cm³/mol. The molecular weight excluding hydrogens is 314 g/mol. The van der Waals surface area contributed by atoms with Crippen LogP contribution in [0.2, 0.25) is 0 Å². The molecule has 25 heavy (non-hydrogen) atoms. The van der Waals surface area contributed by atoms with Crippen LogP contribution < -0.4 is 5.56 Å². The molecule has 2 aromatic carbocycles. The number of aromatic amines is 1. The number of carbonyl (C=O) groups is 1. The van der Waals surface area contributed by atoms with Crippen LogP contribution in [-0.2, 0) is 17.6 Å². The van der Waals surface area contributed by atoms with E-state index in [1.54, 1.807) is 12.3 Å². The van der Waals surface area contributed by atoms with Gasteiger partial charge in [-0.2, -0.15) is 0 Å². The lowest BCUT2D eigenvalue weighted by molar-refractivity contribution is 0.0597. The summed E-state index contributed by atoms with van der Waals surface area (Å²) in [4.78, 5) is 26.4. The first-order valence-corrected chi connectivity index (χ1v) is 8.08. The van der Waals surface area contributed by atoms with Gasteiger partial charge in [-0.25, -0.2) is 4.79 Å². The molecule has 0 bridgehead atoms. The lowest BCUT2D eigenvalue weighted by Gasteiger charge is -2.09. The summed E-state index contributed by atoms with van der Waals surface area (Å²) < 4.78 is 4.74. The zero-order chi connectivity index (χ0) is 17.6. The van der Waals surface area contributed by atoms with Gasteiger partial charge >= 0.3 is 5.97 Å². The van der Waals surface area contributed by atoms with Crippen LogP contribution in [0.3, 0.4) is 0 Å². The fraction of sp³-hybridized carbons (Fsp3) is 0.143. The number of aromatic nitrogens is 1. The number of hydrogen-bond donors (Lipinski definition) is 1. The van der Waals surface area contributed by atoms with Crippen molar-refractivity contribution < 1.29 is 9.53 Å². The van der Waals surface area contributed by atoms with E-state index in [-0.39, 0.29) is 5.56 Å². The van der Waals surface area contributed by atoms with E-state index in [9.17, 15) is 9.59 Å². The maximum absolute atomic E-state index is 12.0. The Morgan fingerprint density at radius 2 is 1.60 bits per heavy atom. The second kappa shape index (κ2) is 7.62. The van der Waals surface area contributed by atoms with Crippen molar-refractivity contribution in [2.45, 2.75) is 12.8 Å². The Balaban J connectivity index is 1.87. The lowest BCUT2D eigenvalue weighted by Crippen LogP contribution is -2.21. The number of methoxy groups -OCH3 is 1. The topological polar surface area (TPSA) is 59.2 Å². The quantitative estimate of drug-likeness (QED) is 0.729. The van der Waals surface area contributed by atoms with Gasteiger partial charge in [0.15, 0.2) is 0 Å². The van der Waals surface area contributed by atoms with Crippen LogP contribution in [0, 0.1) is 0 Å². The van der Waals surface area contributed by atoms with Crippen LogP contribution in [0.15, 0.2) is 71.7 Å². The van der Waals surface area contributed by atoms with Gasteiger partial charge in [-0.05, 0) is 41.2 Å². The van der Waals surface area contributed by atoms with Gasteiger partial charge in [0.1, 0.15) is 5.56 Å². The van der Waals surface area contributed by atoms with E-state index in [1.807, 2.05) is 30.3 Å². The zero-order valence-corrected chi connectivity index (χ0v) is 14.0. The van der Waals surface area contributed by atoms with E-state index in [0.717, 1.165) is 12.0 Å². The molecule has 0 spiro atoms. The van der Waals surface area contributed by atoms with Crippen LogP contribution in [0.1, 0.15) is 32.6 Å². The molecule has 0 saturated heterocycles. The van der Waals surface area contributed by atoms with Gasteiger partial charge in [-0.15, -0.1) is 0 Å². The number of H-pyrrole nitrogens is 1. The molecule has 3 aromatic rings. The van der Waals surface area contributed by atoms with E-state index in [0.29, 0.717) is 12.0 Å². The van der Waals surface area contributed by atoms with Crippen molar-refractivity contribution in [2.24, 2.45) is 0 Å². The van der Waals surface area contributed by atoms with Gasteiger partial charge in [0.05, 0.1) is 7.11 Å². The van der Waals surface area contributed by atoms with Crippen molar-refractivity contribution in [3.8, 4) is 0 Å². The Bertz CT molecular complexity index is 929. The minimum atomic E-state index is -0.614. The molecule has 0 radical (unpaired) electrons. The fourth-order valence-corrected chi connectivity index (χ4v) is 2.89. The molecule has 0 unspecified atom stereocenters. The second-order valence-electron chi connectivity index (χ2n) is 5.86. The van der Waals surface area contributed by atoms with Gasteiger partial charge in [-0.1, -0.05) is 54.6 Å². The highest BCUT2D eigenvalue weighted by molar-refractivity contribution is 5.90. The summed E-state index contributed by atoms with van der Waals surface area (Å²) in [6.45, 7) is 0. The van der Waals surface area contributed by atoms with E-state index < -0.39 is 11.5 Å². The molecule has 0 aliphatic carbocycles. The number of rotatable bonds is 5. The molecule has 0 saturated carbocycles. The average Bonchev–Trinajstić information content (AvgIpc) is 2.62. The number of nitrogens with one attached hydrogen (secondary N) is 1. The second-order valence-corrected chi connectivity index (χ2v) is 5.86. The molecular formula is C21H19NO3. The summed E-state index contributed by atoms with van der Waals surface area (Å²) in [6, 6.07) is 20.2. The zero-order valence-electron chi connectivity index (χ0n) is 14.0. The van der Waals surface area contributed by atoms with Crippen LogP contribution in [0.4, 0.5) is 0 Å². The Labute approximate surface area is 146 Å². The predicted octanol–water partition coefficient (Wildman–Crippen LogP) is 3.34. The number of carbonyl (C=O) groups excluding carboxylic acids is 1. The van der Waals surface area contributed by atoms with Crippen LogP contribution >= 0.6 is 0 Å². The van der Waals surface area contributed by atoms with Crippen LogP contribution in [0.25, 0.3) is 0 Å². The Kier molecular flexibility index (Phi) is 5.09. The van der Waals surface area contributed by atoms with E-state index in [1.165, 1.54) is 18.2 Å². The number of pyridine rings is 1. The highest BCUT2D eigenvalue weighted by Crippen LogP contribution is 2.16. The molecule has 0 aliphatic rings. The first kappa shape index (κ1) is 16.7. The van der Waals surface area contributed by atoms with Gasteiger partial charge < -0.3 is 9.72 Å². The van der Waals surface area contributed by atoms with Crippen molar-refractivity contribution in [3.05, 3.63) is 105 Å². The monoisotopic (exact) mass is 333 g/mol. The summed E-state index contributed by atoms with van der Waals surface area (Å²) in [5.41, 5.74) is 3.78. The van der Waals surface area contributed by atoms with Crippen molar-refractivity contribution in [1.29, 1.82) is 0 Å². The van der Waals surface area contributed by atoms with Gasteiger partial charge in [0.25, 0.3) is 5.56 Å². The highest BCUT2D eigenvalue weighted by atomic mass is 16.5. The summed E-state index contributed by atoms with van der Waals surface area (Å²) in [5.74, 6) is -0.614. The summed E-state index contributed by atoms with van der Waals surface area (Å²) in [6.07, 6.45) is 2.89. The number of ether oxygens (including phenoxy) is 1. The fourth-order valence-electron chi connectivity index (χ4n) is 2.89. The SMILES string of the molecule is COC(=O)c1c(Cc2cccc(Cc3ccccc3)c2)cc[nH]c1=O. The Hall–Kier alpha value is -3.14. The highest BCUT2D eigenvalue weighted by Gasteiger charge is 2.16. The van der Waals surface area contributed by atoms with E-state index >= 15 is 0 Å². The number of benzene rings is 2. The standard InChI is InChI=1S/C21H19NO3/c1-25-21(24)19-18(10-11-22-20(19)23)14-17-9-5-8-16(13-17)12-15-6-3-2-4-7-15/h2-11,13H,12,14H2,1H3,(H,22,23). The van der Waals surface area contributed by atoms with Gasteiger partial charge in [0.2, 0.25) is 0 Å². The molecule has 3 rings (SSSR count). The third-order valence-corrected chi connectivity index (χ3v) is 4.07. The lowest BCUT2D eigenvalue weighted by atomic mass is 9.97. The van der Waals surface area contributed by atoms with Crippen molar-refractivity contribution in [1.82, 2.24) is 4.98 Å². The first-order chi connectivity index (χ1) is 12.2. The number of hydrogen-bond acceptors (Lipinski definition) is 3. The largest absolute Gasteiger partial charge is 0.465 e. The van der Waals surface area contributed by atoms with E-state index in [4.69, 9.17) is 4.74 Å². The first-order valence-electron chi connectivity index (χ1n) is 8.08.